The van der Waals surface area contributed by atoms with Crippen LogP contribution >= 0.6 is 0 Å². The van der Waals surface area contributed by atoms with Gasteiger partial charge < -0.3 is 5.73 Å². The zero-order valence-corrected chi connectivity index (χ0v) is 9.29. The fourth-order valence-electron chi connectivity index (χ4n) is 0.409. The highest BCUT2D eigenvalue weighted by molar-refractivity contribution is 6.00. The highest BCUT2D eigenvalue weighted by atomic mass is 16.1. The summed E-state index contributed by atoms with van der Waals surface area (Å²) in [7, 11) is 0. The normalized spacial score (nSPS) is 9.36. The van der Waals surface area contributed by atoms with E-state index in [9.17, 15) is 4.79 Å². The number of Topliss-reactive ketones (excluding diaryl/α,β-unsaturated/α-hetero) is 1. The van der Waals surface area contributed by atoms with Crippen molar-refractivity contribution in [2.45, 2.75) is 40.2 Å². The molecule has 5 nitrogen and oxygen atoms in total. The van der Waals surface area contributed by atoms with Crippen molar-refractivity contribution in [2.24, 2.45) is 16.8 Å². The number of rotatable bonds is 3. The van der Waals surface area contributed by atoms with Gasteiger partial charge in [0.25, 0.3) is 0 Å². The lowest BCUT2D eigenvalue weighted by Crippen LogP contribution is -2.10. The van der Waals surface area contributed by atoms with Gasteiger partial charge in [0.2, 0.25) is 0 Å². The number of hydrogen-bond donors (Lipinski definition) is 3. The van der Waals surface area contributed by atoms with Crippen molar-refractivity contribution in [1.82, 2.24) is 0 Å². The van der Waals surface area contributed by atoms with E-state index >= 15 is 0 Å². The Morgan fingerprint density at radius 3 is 1.93 bits per heavy atom. The molecule has 0 aliphatic heterocycles. The molecule has 0 unspecified atom stereocenters. The first-order chi connectivity index (χ1) is 6.31. The molecular weight excluding hydrogens is 180 g/mol. The molecule has 0 fully saturated rings. The third-order valence-corrected chi connectivity index (χ3v) is 1.12. The van der Waals surface area contributed by atoms with Gasteiger partial charge in [0.15, 0.2) is 0 Å². The molecule has 0 aromatic carbocycles. The monoisotopic (exact) mass is 200 g/mol. The molecule has 0 aromatic rings. The molecule has 0 heterocycles. The molecule has 0 aromatic heterocycles. The van der Waals surface area contributed by atoms with Gasteiger partial charge in [-0.05, 0) is 6.04 Å². The average Bonchev–Trinajstić information content (AvgIpc) is 2.02. The number of nitrogens with two attached hydrogens (primary N) is 1. The van der Waals surface area contributed by atoms with E-state index < -0.39 is 0 Å². The number of amidine groups is 1. The van der Waals surface area contributed by atoms with Crippen LogP contribution in [-0.4, -0.2) is 17.7 Å². The molecule has 5 heteroatoms. The highest BCUT2D eigenvalue weighted by Gasteiger charge is 2.08. The lowest BCUT2D eigenvalue weighted by molar-refractivity contribution is -0.120. The Bertz CT molecular complexity index is 196. The molecular formula is C9H20N4O. The first-order valence-electron chi connectivity index (χ1n) is 4.54. The summed E-state index contributed by atoms with van der Waals surface area (Å²) in [4.78, 5) is 10.8. The molecule has 0 saturated carbocycles. The van der Waals surface area contributed by atoms with Crippen LogP contribution in [0.25, 0.3) is 0 Å². The van der Waals surface area contributed by atoms with Crippen LogP contribution in [0.5, 0.6) is 0 Å². The van der Waals surface area contributed by atoms with E-state index in [4.69, 9.17) is 16.7 Å². The van der Waals surface area contributed by atoms with E-state index in [1.807, 2.05) is 13.8 Å². The third-order valence-electron chi connectivity index (χ3n) is 1.12. The van der Waals surface area contributed by atoms with Gasteiger partial charge in [0.1, 0.15) is 11.6 Å². The first kappa shape index (κ1) is 15.4. The summed E-state index contributed by atoms with van der Waals surface area (Å²) >= 11 is 0. The van der Waals surface area contributed by atoms with E-state index in [0.717, 1.165) is 0 Å². The summed E-state index contributed by atoms with van der Waals surface area (Å²) in [6.07, 6.45) is -0.0127. The second kappa shape index (κ2) is 8.50. The zero-order chi connectivity index (χ0) is 11.7. The fourth-order valence-corrected chi connectivity index (χ4v) is 0.409. The van der Waals surface area contributed by atoms with Gasteiger partial charge in [-0.1, -0.05) is 27.7 Å². The predicted octanol–water partition coefficient (Wildman–Crippen LogP) is 1.96. The zero-order valence-electron chi connectivity index (χ0n) is 9.29. The van der Waals surface area contributed by atoms with Crippen LogP contribution in [0, 0.1) is 16.9 Å². The number of nitrogens with zero attached hydrogens (tertiary/aromatic N) is 1. The summed E-state index contributed by atoms with van der Waals surface area (Å²) in [6.45, 7) is 7.42. The van der Waals surface area contributed by atoms with Crippen molar-refractivity contribution in [3.63, 3.8) is 0 Å². The maximum Gasteiger partial charge on any atom is 0.150 e. The fraction of sp³-hybridized carbons (Fsp3) is 0.778. The lowest BCUT2D eigenvalue weighted by Gasteiger charge is -1.99. The van der Waals surface area contributed by atoms with E-state index in [0.29, 0.717) is 6.04 Å². The van der Waals surface area contributed by atoms with Crippen LogP contribution in [0.3, 0.4) is 0 Å². The van der Waals surface area contributed by atoms with Gasteiger partial charge in [-0.15, -0.1) is 5.11 Å². The Morgan fingerprint density at radius 2 is 1.71 bits per heavy atom. The molecule has 0 amide bonds. The molecule has 0 bridgehead atoms. The van der Waals surface area contributed by atoms with Gasteiger partial charge in [0.05, 0.1) is 6.42 Å². The second-order valence-electron chi connectivity index (χ2n) is 3.60. The Hall–Kier alpha value is -1.10. The lowest BCUT2D eigenvalue weighted by atomic mass is 10.1. The molecule has 0 aliphatic rings. The van der Waals surface area contributed by atoms with Gasteiger partial charge in [-0.3, -0.25) is 10.2 Å². The van der Waals surface area contributed by atoms with Crippen molar-refractivity contribution in [3.05, 3.63) is 0 Å². The van der Waals surface area contributed by atoms with Crippen LogP contribution in [-0.2, 0) is 4.79 Å². The van der Waals surface area contributed by atoms with Gasteiger partial charge in [0, 0.05) is 5.92 Å². The van der Waals surface area contributed by atoms with E-state index in [1.54, 1.807) is 13.8 Å². The Morgan fingerprint density at radius 1 is 1.36 bits per heavy atom. The molecule has 14 heavy (non-hydrogen) atoms. The quantitative estimate of drug-likeness (QED) is 0.368. The minimum Gasteiger partial charge on any atom is -0.328 e. The molecule has 0 radical (unpaired) electrons. The molecule has 0 aliphatic carbocycles. The van der Waals surface area contributed by atoms with Crippen molar-refractivity contribution < 1.29 is 4.79 Å². The van der Waals surface area contributed by atoms with Crippen molar-refractivity contribution in [2.75, 3.05) is 0 Å². The van der Waals surface area contributed by atoms with Crippen LogP contribution < -0.4 is 5.73 Å². The van der Waals surface area contributed by atoms with Gasteiger partial charge >= 0.3 is 0 Å². The van der Waals surface area contributed by atoms with Crippen LogP contribution in [0.2, 0.25) is 0 Å². The molecule has 0 atom stereocenters. The van der Waals surface area contributed by atoms with E-state index in [1.165, 1.54) is 0 Å². The Labute approximate surface area is 85.1 Å². The number of nitrogens with one attached hydrogen (secondary N) is 2. The van der Waals surface area contributed by atoms with Crippen LogP contribution in [0.1, 0.15) is 34.1 Å². The number of ketones is 1. The maximum atomic E-state index is 10.8. The number of carbonyl (C=O) groups excluding carboxylic acids is 1. The topological polar surface area (TPSA) is 103 Å². The van der Waals surface area contributed by atoms with Gasteiger partial charge in [-0.2, -0.15) is 0 Å². The van der Waals surface area contributed by atoms with Crippen LogP contribution in [0.4, 0.5) is 0 Å². The molecule has 82 valence electrons. The SMILES string of the molecule is CC(C)C(=O)CC(=N)N=N.CC(C)N. The third kappa shape index (κ3) is 13.5. The van der Waals surface area contributed by atoms with Crippen LogP contribution in [0.15, 0.2) is 5.11 Å². The summed E-state index contributed by atoms with van der Waals surface area (Å²) in [6, 6.07) is 0.333. The Kier molecular flexibility index (Phi) is 9.33. The number of hydrogen-bond acceptors (Lipinski definition) is 4. The first-order valence-corrected chi connectivity index (χ1v) is 4.54. The van der Waals surface area contributed by atoms with Crippen molar-refractivity contribution >= 4 is 11.6 Å². The maximum absolute atomic E-state index is 10.8. The molecule has 4 N–H and O–H groups in total. The highest BCUT2D eigenvalue weighted by Crippen LogP contribution is 1.99. The molecule has 0 spiro atoms. The minimum atomic E-state index is -0.168. The molecule has 0 saturated heterocycles. The molecule has 0 rings (SSSR count). The van der Waals surface area contributed by atoms with Gasteiger partial charge in [-0.25, -0.2) is 5.53 Å². The largest absolute Gasteiger partial charge is 0.328 e. The smallest absolute Gasteiger partial charge is 0.150 e. The minimum absolute atomic E-state index is 0.0127. The summed E-state index contributed by atoms with van der Waals surface area (Å²) in [5.41, 5.74) is 11.5. The Balaban J connectivity index is 0. The standard InChI is InChI=1S/C6H11N3O.C3H9N/c1-4(2)5(10)3-6(7)9-8;1-3(2)4/h4,7-8H,3H2,1-2H3;3H,4H2,1-2H3. The van der Waals surface area contributed by atoms with E-state index in [-0.39, 0.29) is 24.0 Å². The van der Waals surface area contributed by atoms with E-state index in [2.05, 4.69) is 5.11 Å². The summed E-state index contributed by atoms with van der Waals surface area (Å²) in [5.74, 6) is -0.276. The second-order valence-corrected chi connectivity index (χ2v) is 3.60. The van der Waals surface area contributed by atoms with Crippen molar-refractivity contribution in [3.8, 4) is 0 Å². The summed E-state index contributed by atoms with van der Waals surface area (Å²) < 4.78 is 0. The van der Waals surface area contributed by atoms with Crippen molar-refractivity contribution in [1.29, 1.82) is 10.9 Å². The summed E-state index contributed by atoms with van der Waals surface area (Å²) in [5, 5.41) is 9.71. The average molecular weight is 200 g/mol. The number of carbonyl (C=O) groups is 1. The predicted molar refractivity (Wildman–Crippen MR) is 56.7 cm³/mol.